The molecule has 0 aliphatic heterocycles. The molecule has 0 aliphatic rings. The van der Waals surface area contributed by atoms with E-state index in [1.807, 2.05) is 30.3 Å². The molecule has 4 nitrogen and oxygen atoms in total. The first-order valence-electron chi connectivity index (χ1n) is 7.70. The SMILES string of the molecule is O=C(NCCC#Cc1cc(C(F)(F)F)ccc1O)OCc1ccccc1. The van der Waals surface area contributed by atoms with Gasteiger partial charge >= 0.3 is 12.3 Å². The number of hydrogen-bond donors (Lipinski definition) is 2. The maximum atomic E-state index is 12.6. The summed E-state index contributed by atoms with van der Waals surface area (Å²) in [7, 11) is 0. The van der Waals surface area contributed by atoms with E-state index in [0.29, 0.717) is 0 Å². The van der Waals surface area contributed by atoms with Crippen LogP contribution in [0.25, 0.3) is 0 Å². The highest BCUT2D eigenvalue weighted by molar-refractivity contribution is 5.67. The minimum absolute atomic E-state index is 0.119. The van der Waals surface area contributed by atoms with E-state index < -0.39 is 17.8 Å². The van der Waals surface area contributed by atoms with Gasteiger partial charge in [0.05, 0.1) is 11.1 Å². The molecule has 0 spiro atoms. The molecule has 26 heavy (non-hydrogen) atoms. The molecule has 0 saturated carbocycles. The number of alkyl halides is 3. The van der Waals surface area contributed by atoms with Crippen molar-refractivity contribution < 1.29 is 27.8 Å². The van der Waals surface area contributed by atoms with Gasteiger partial charge in [0.15, 0.2) is 0 Å². The number of rotatable bonds is 4. The molecular formula is C19H16F3NO3. The number of nitrogens with one attached hydrogen (secondary N) is 1. The van der Waals surface area contributed by atoms with Gasteiger partial charge in [-0.3, -0.25) is 0 Å². The average Bonchev–Trinajstić information content (AvgIpc) is 2.61. The van der Waals surface area contributed by atoms with Crippen LogP contribution in [-0.4, -0.2) is 17.7 Å². The molecule has 2 aromatic rings. The lowest BCUT2D eigenvalue weighted by atomic mass is 10.1. The summed E-state index contributed by atoms with van der Waals surface area (Å²) in [6.07, 6.45) is -4.93. The number of hydrogen-bond acceptors (Lipinski definition) is 3. The monoisotopic (exact) mass is 363 g/mol. The zero-order valence-corrected chi connectivity index (χ0v) is 13.6. The summed E-state index contributed by atoms with van der Waals surface area (Å²) in [5, 5.41) is 12.0. The summed E-state index contributed by atoms with van der Waals surface area (Å²) in [5.41, 5.74) is -0.156. The van der Waals surface area contributed by atoms with Gasteiger partial charge in [0.1, 0.15) is 12.4 Å². The molecule has 0 aliphatic carbocycles. The van der Waals surface area contributed by atoms with E-state index in [1.165, 1.54) is 0 Å². The fourth-order valence-electron chi connectivity index (χ4n) is 1.97. The van der Waals surface area contributed by atoms with Crippen LogP contribution in [0, 0.1) is 11.8 Å². The van der Waals surface area contributed by atoms with Gasteiger partial charge in [-0.1, -0.05) is 42.2 Å². The van der Waals surface area contributed by atoms with Crippen molar-refractivity contribution in [1.82, 2.24) is 5.32 Å². The molecule has 0 bridgehead atoms. The van der Waals surface area contributed by atoms with Crippen molar-refractivity contribution in [2.24, 2.45) is 0 Å². The van der Waals surface area contributed by atoms with Crippen molar-refractivity contribution in [2.75, 3.05) is 6.54 Å². The maximum Gasteiger partial charge on any atom is 0.416 e. The zero-order valence-electron chi connectivity index (χ0n) is 13.6. The number of benzene rings is 2. The minimum atomic E-state index is -4.51. The second-order valence-corrected chi connectivity index (χ2v) is 5.27. The lowest BCUT2D eigenvalue weighted by molar-refractivity contribution is -0.137. The Morgan fingerprint density at radius 3 is 2.58 bits per heavy atom. The number of alkyl carbamates (subject to hydrolysis) is 1. The second kappa shape index (κ2) is 8.81. The van der Waals surface area contributed by atoms with Crippen LogP contribution in [0.5, 0.6) is 5.75 Å². The standard InChI is InChI=1S/C19H16F3NO3/c20-19(21,22)16-9-10-17(24)15(12-16)8-4-5-11-23-18(25)26-13-14-6-2-1-3-7-14/h1-3,6-7,9-10,12,24H,5,11,13H2,(H,23,25). The Bertz CT molecular complexity index is 808. The molecule has 1 amide bonds. The summed E-state index contributed by atoms with van der Waals surface area (Å²) in [5.74, 6) is 4.73. The van der Waals surface area contributed by atoms with Crippen LogP contribution in [-0.2, 0) is 17.5 Å². The number of carbonyl (C=O) groups excluding carboxylic acids is 1. The van der Waals surface area contributed by atoms with Gasteiger partial charge in [-0.05, 0) is 23.8 Å². The van der Waals surface area contributed by atoms with Crippen LogP contribution in [0.2, 0.25) is 0 Å². The Morgan fingerprint density at radius 2 is 1.88 bits per heavy atom. The molecule has 0 atom stereocenters. The van der Waals surface area contributed by atoms with Crippen molar-refractivity contribution >= 4 is 6.09 Å². The average molecular weight is 363 g/mol. The number of ether oxygens (including phenoxy) is 1. The van der Waals surface area contributed by atoms with Crippen LogP contribution < -0.4 is 5.32 Å². The summed E-state index contributed by atoms with van der Waals surface area (Å²) in [6.45, 7) is 0.302. The topological polar surface area (TPSA) is 58.6 Å². The first-order valence-corrected chi connectivity index (χ1v) is 7.70. The van der Waals surface area contributed by atoms with E-state index in [9.17, 15) is 23.1 Å². The number of phenols is 1. The van der Waals surface area contributed by atoms with Gasteiger partial charge in [0.25, 0.3) is 0 Å². The molecule has 136 valence electrons. The number of halogens is 3. The molecule has 0 heterocycles. The van der Waals surface area contributed by atoms with Crippen molar-refractivity contribution in [3.05, 3.63) is 65.2 Å². The number of amides is 1. The maximum absolute atomic E-state index is 12.6. The summed E-state index contributed by atoms with van der Waals surface area (Å²) >= 11 is 0. The highest BCUT2D eigenvalue weighted by Gasteiger charge is 2.30. The minimum Gasteiger partial charge on any atom is -0.507 e. The molecule has 2 rings (SSSR count). The largest absolute Gasteiger partial charge is 0.507 e. The number of aromatic hydroxyl groups is 1. The highest BCUT2D eigenvalue weighted by Crippen LogP contribution is 2.31. The second-order valence-electron chi connectivity index (χ2n) is 5.27. The fraction of sp³-hybridized carbons (Fsp3) is 0.211. The van der Waals surface area contributed by atoms with E-state index in [0.717, 1.165) is 23.8 Å². The van der Waals surface area contributed by atoms with E-state index >= 15 is 0 Å². The molecule has 7 heteroatoms. The molecule has 0 unspecified atom stereocenters. The van der Waals surface area contributed by atoms with Gasteiger partial charge in [-0.25, -0.2) is 4.79 Å². The van der Waals surface area contributed by atoms with E-state index in [4.69, 9.17) is 4.74 Å². The number of phenolic OH excluding ortho intramolecular Hbond substituents is 1. The third-order valence-electron chi connectivity index (χ3n) is 3.28. The van der Waals surface area contributed by atoms with Crippen molar-refractivity contribution in [3.8, 4) is 17.6 Å². The zero-order chi connectivity index (χ0) is 19.0. The molecule has 0 saturated heterocycles. The van der Waals surface area contributed by atoms with Crippen molar-refractivity contribution in [1.29, 1.82) is 0 Å². The van der Waals surface area contributed by atoms with Gasteiger partial charge in [-0.15, -0.1) is 0 Å². The fourth-order valence-corrected chi connectivity index (χ4v) is 1.97. The molecular weight excluding hydrogens is 347 g/mol. The lowest BCUT2D eigenvalue weighted by Crippen LogP contribution is -2.24. The molecule has 0 radical (unpaired) electrons. The van der Waals surface area contributed by atoms with Crippen LogP contribution in [0.1, 0.15) is 23.1 Å². The first kappa shape index (κ1) is 19.2. The van der Waals surface area contributed by atoms with Crippen LogP contribution >= 0.6 is 0 Å². The third kappa shape index (κ3) is 6.06. The molecule has 0 aromatic heterocycles. The van der Waals surface area contributed by atoms with E-state index in [1.54, 1.807) is 0 Å². The molecule has 2 aromatic carbocycles. The van der Waals surface area contributed by atoms with Crippen LogP contribution in [0.3, 0.4) is 0 Å². The predicted molar refractivity (Wildman–Crippen MR) is 89.2 cm³/mol. The smallest absolute Gasteiger partial charge is 0.416 e. The highest BCUT2D eigenvalue weighted by atomic mass is 19.4. The first-order chi connectivity index (χ1) is 12.4. The summed E-state index contributed by atoms with van der Waals surface area (Å²) in [4.78, 5) is 11.5. The summed E-state index contributed by atoms with van der Waals surface area (Å²) in [6, 6.07) is 11.7. The van der Waals surface area contributed by atoms with Crippen molar-refractivity contribution in [2.45, 2.75) is 19.2 Å². The van der Waals surface area contributed by atoms with Gasteiger partial charge in [0, 0.05) is 13.0 Å². The Hall–Kier alpha value is -3.14. The Balaban J connectivity index is 1.79. The Labute approximate surface area is 148 Å². The van der Waals surface area contributed by atoms with Gasteiger partial charge < -0.3 is 15.2 Å². The van der Waals surface area contributed by atoms with E-state index in [2.05, 4.69) is 17.2 Å². The molecule has 2 N–H and O–H groups in total. The van der Waals surface area contributed by atoms with Gasteiger partial charge in [-0.2, -0.15) is 13.2 Å². The van der Waals surface area contributed by atoms with E-state index in [-0.39, 0.29) is 30.9 Å². The van der Waals surface area contributed by atoms with Crippen LogP contribution in [0.15, 0.2) is 48.5 Å². The quantitative estimate of drug-likeness (QED) is 0.636. The Morgan fingerprint density at radius 1 is 1.15 bits per heavy atom. The van der Waals surface area contributed by atoms with Gasteiger partial charge in [0.2, 0.25) is 0 Å². The predicted octanol–water partition coefficient (Wildman–Crippen LogP) is 4.08. The summed E-state index contributed by atoms with van der Waals surface area (Å²) < 4.78 is 42.9. The normalized spacial score (nSPS) is 10.6. The Kier molecular flexibility index (Phi) is 6.50. The lowest BCUT2D eigenvalue weighted by Gasteiger charge is -2.07. The van der Waals surface area contributed by atoms with Crippen LogP contribution in [0.4, 0.5) is 18.0 Å². The van der Waals surface area contributed by atoms with Crippen molar-refractivity contribution in [3.63, 3.8) is 0 Å². The molecule has 0 fully saturated rings. The number of carbonyl (C=O) groups is 1. The third-order valence-corrected chi connectivity index (χ3v) is 3.28.